The van der Waals surface area contributed by atoms with Gasteiger partial charge in [-0.3, -0.25) is 19.2 Å². The van der Waals surface area contributed by atoms with Crippen LogP contribution in [-0.2, 0) is 28.7 Å². The minimum Gasteiger partial charge on any atom is -0.455 e. The Morgan fingerprint density at radius 1 is 0.758 bits per heavy atom. The lowest BCUT2D eigenvalue weighted by atomic mass is 10.2. The highest BCUT2D eigenvalue weighted by Gasteiger charge is 2.13. The average molecular weight is 602 g/mol. The van der Waals surface area contributed by atoms with Crippen molar-refractivity contribution in [3.05, 3.63) is 56.5 Å². The summed E-state index contributed by atoms with van der Waals surface area (Å²) in [5.74, 6) is -2.54. The van der Waals surface area contributed by atoms with Gasteiger partial charge in [-0.05, 0) is 81.1 Å². The molecule has 2 aromatic rings. The van der Waals surface area contributed by atoms with Crippen LogP contribution in [0.3, 0.4) is 0 Å². The van der Waals surface area contributed by atoms with E-state index in [1.165, 1.54) is 0 Å². The van der Waals surface area contributed by atoms with Gasteiger partial charge in [0.15, 0.2) is 13.2 Å². The third-order valence-electron chi connectivity index (χ3n) is 3.97. The van der Waals surface area contributed by atoms with E-state index >= 15 is 0 Å². The molecular weight excluding hydrogens is 580 g/mol. The van der Waals surface area contributed by atoms with Crippen LogP contribution in [0.1, 0.15) is 11.1 Å². The molecule has 2 rings (SSSR count). The molecule has 0 aliphatic carbocycles. The van der Waals surface area contributed by atoms with Crippen molar-refractivity contribution in [3.63, 3.8) is 0 Å². The molecule has 0 aromatic heterocycles. The first kappa shape index (κ1) is 26.9. The summed E-state index contributed by atoms with van der Waals surface area (Å²) in [5.41, 5.74) is 3.19. The van der Waals surface area contributed by atoms with Gasteiger partial charge in [0.2, 0.25) is 0 Å². The second-order valence-corrected chi connectivity index (χ2v) is 9.57. The van der Waals surface area contributed by atoms with Crippen LogP contribution in [0, 0.1) is 13.8 Å². The number of thioether (sulfide) groups is 1. The first-order valence-electron chi connectivity index (χ1n) is 9.65. The highest BCUT2D eigenvalue weighted by molar-refractivity contribution is 9.11. The number of carbonyl (C=O) groups excluding carboxylic acids is 4. The summed E-state index contributed by atoms with van der Waals surface area (Å²) in [5, 5.41) is 5.27. The maximum Gasteiger partial charge on any atom is 0.316 e. The number of anilines is 2. The quantitative estimate of drug-likeness (QED) is 0.392. The summed E-state index contributed by atoms with van der Waals surface area (Å²) >= 11 is 7.66. The Morgan fingerprint density at radius 3 is 1.52 bits per heavy atom. The number of nitrogens with one attached hydrogen (secondary N) is 2. The van der Waals surface area contributed by atoms with Crippen molar-refractivity contribution >= 4 is 78.7 Å². The van der Waals surface area contributed by atoms with E-state index in [9.17, 15) is 19.2 Å². The zero-order valence-electron chi connectivity index (χ0n) is 17.9. The zero-order chi connectivity index (χ0) is 24.4. The summed E-state index contributed by atoms with van der Waals surface area (Å²) < 4.78 is 11.2. The summed E-state index contributed by atoms with van der Waals surface area (Å²) in [6.07, 6.45) is 0. The van der Waals surface area contributed by atoms with Crippen LogP contribution in [0.25, 0.3) is 0 Å². The third-order valence-corrected chi connectivity index (χ3v) is 6.16. The van der Waals surface area contributed by atoms with E-state index < -0.39 is 37.0 Å². The van der Waals surface area contributed by atoms with Gasteiger partial charge >= 0.3 is 11.9 Å². The fourth-order valence-corrected chi connectivity index (χ4v) is 4.20. The van der Waals surface area contributed by atoms with Crippen LogP contribution >= 0.6 is 43.6 Å². The number of esters is 2. The molecule has 0 heterocycles. The summed E-state index contributed by atoms with van der Waals surface area (Å²) in [4.78, 5) is 47.4. The summed E-state index contributed by atoms with van der Waals surface area (Å²) in [6, 6.07) is 10.9. The van der Waals surface area contributed by atoms with Crippen molar-refractivity contribution in [2.45, 2.75) is 13.8 Å². The monoisotopic (exact) mass is 600 g/mol. The Labute approximate surface area is 212 Å². The molecule has 0 bridgehead atoms. The molecule has 2 N–H and O–H groups in total. The number of amides is 2. The Balaban J connectivity index is 1.60. The number of ether oxygens (including phenoxy) is 2. The lowest BCUT2D eigenvalue weighted by molar-refractivity contribution is -0.144. The SMILES string of the molecule is Cc1ccc(NC(=O)COC(=O)CSCC(=O)OCC(=O)Nc2ccc(C)cc2Br)c(Br)c1. The number of rotatable bonds is 10. The van der Waals surface area contributed by atoms with Crippen LogP contribution in [0.15, 0.2) is 45.3 Å². The van der Waals surface area contributed by atoms with Crippen LogP contribution < -0.4 is 10.6 Å². The molecule has 33 heavy (non-hydrogen) atoms. The highest BCUT2D eigenvalue weighted by atomic mass is 79.9. The van der Waals surface area contributed by atoms with E-state index in [-0.39, 0.29) is 11.5 Å². The van der Waals surface area contributed by atoms with E-state index in [1.54, 1.807) is 12.1 Å². The number of aryl methyl sites for hydroxylation is 2. The predicted molar refractivity (Wildman–Crippen MR) is 134 cm³/mol. The van der Waals surface area contributed by atoms with E-state index in [4.69, 9.17) is 9.47 Å². The average Bonchev–Trinajstić information content (AvgIpc) is 2.75. The summed E-state index contributed by atoms with van der Waals surface area (Å²) in [7, 11) is 0. The third kappa shape index (κ3) is 9.97. The van der Waals surface area contributed by atoms with Crippen LogP contribution in [0.2, 0.25) is 0 Å². The van der Waals surface area contributed by atoms with Crippen molar-refractivity contribution in [3.8, 4) is 0 Å². The van der Waals surface area contributed by atoms with Gasteiger partial charge < -0.3 is 20.1 Å². The van der Waals surface area contributed by atoms with Crippen molar-refractivity contribution in [1.82, 2.24) is 0 Å². The van der Waals surface area contributed by atoms with Gasteiger partial charge in [-0.1, -0.05) is 12.1 Å². The van der Waals surface area contributed by atoms with Gasteiger partial charge in [0, 0.05) is 8.95 Å². The fourth-order valence-electron chi connectivity index (χ4n) is 2.41. The fraction of sp³-hybridized carbons (Fsp3) is 0.273. The molecule has 0 spiro atoms. The molecule has 0 unspecified atom stereocenters. The Bertz CT molecular complexity index is 966. The van der Waals surface area contributed by atoms with Crippen molar-refractivity contribution in [1.29, 1.82) is 0 Å². The molecular formula is C22H22Br2N2O6S. The topological polar surface area (TPSA) is 111 Å². The highest BCUT2D eigenvalue weighted by Crippen LogP contribution is 2.24. The molecule has 0 saturated heterocycles. The van der Waals surface area contributed by atoms with E-state index in [2.05, 4.69) is 42.5 Å². The van der Waals surface area contributed by atoms with Crippen molar-refractivity contribution in [2.24, 2.45) is 0 Å². The van der Waals surface area contributed by atoms with Gasteiger partial charge in [0.25, 0.3) is 11.8 Å². The van der Waals surface area contributed by atoms with Gasteiger partial charge in [0.05, 0.1) is 22.9 Å². The van der Waals surface area contributed by atoms with Crippen molar-refractivity contribution in [2.75, 3.05) is 35.4 Å². The molecule has 8 nitrogen and oxygen atoms in total. The number of hydrogen-bond donors (Lipinski definition) is 2. The predicted octanol–water partition coefficient (Wildman–Crippen LogP) is 4.23. The minimum absolute atomic E-state index is 0.140. The van der Waals surface area contributed by atoms with E-state index in [0.29, 0.717) is 11.4 Å². The lowest BCUT2D eigenvalue weighted by Gasteiger charge is -2.09. The molecule has 0 fully saturated rings. The van der Waals surface area contributed by atoms with Crippen LogP contribution in [0.4, 0.5) is 11.4 Å². The van der Waals surface area contributed by atoms with Gasteiger partial charge in [-0.25, -0.2) is 0 Å². The maximum absolute atomic E-state index is 11.9. The Kier molecular flexibility index (Phi) is 10.9. The van der Waals surface area contributed by atoms with Crippen LogP contribution in [-0.4, -0.2) is 48.5 Å². The molecule has 2 aromatic carbocycles. The molecule has 0 saturated carbocycles. The number of halogens is 2. The van der Waals surface area contributed by atoms with Gasteiger partial charge in [-0.15, -0.1) is 11.8 Å². The summed E-state index contributed by atoms with van der Waals surface area (Å²) in [6.45, 7) is 2.95. The lowest BCUT2D eigenvalue weighted by Crippen LogP contribution is -2.23. The molecule has 0 aliphatic rings. The van der Waals surface area contributed by atoms with Crippen LogP contribution in [0.5, 0.6) is 0 Å². The normalized spacial score (nSPS) is 10.3. The Morgan fingerprint density at radius 2 is 1.15 bits per heavy atom. The first-order chi connectivity index (χ1) is 15.6. The largest absolute Gasteiger partial charge is 0.455 e. The molecule has 2 amide bonds. The zero-order valence-corrected chi connectivity index (χ0v) is 21.9. The maximum atomic E-state index is 11.9. The smallest absolute Gasteiger partial charge is 0.316 e. The van der Waals surface area contributed by atoms with Gasteiger partial charge in [0.1, 0.15) is 0 Å². The number of benzene rings is 2. The Hall–Kier alpha value is -2.37. The molecule has 0 radical (unpaired) electrons. The molecule has 0 aliphatic heterocycles. The molecule has 176 valence electrons. The number of hydrogen-bond acceptors (Lipinski definition) is 7. The second-order valence-electron chi connectivity index (χ2n) is 6.88. The van der Waals surface area contributed by atoms with Crippen molar-refractivity contribution < 1.29 is 28.7 Å². The molecule has 11 heteroatoms. The van der Waals surface area contributed by atoms with E-state index in [0.717, 1.165) is 31.8 Å². The standard InChI is InChI=1S/C22H22Br2N2O6S/c1-13-3-5-17(15(23)7-13)25-19(27)9-31-21(29)11-33-12-22(30)32-10-20(28)26-18-6-4-14(2)8-16(18)24/h3-8H,9-12H2,1-2H3,(H,25,27)(H,26,28). The van der Waals surface area contributed by atoms with Gasteiger partial charge in [-0.2, -0.15) is 0 Å². The van der Waals surface area contributed by atoms with E-state index in [1.807, 2.05) is 38.1 Å². The molecule has 0 atom stereocenters. The second kappa shape index (κ2) is 13.4. The first-order valence-corrected chi connectivity index (χ1v) is 12.4. The minimum atomic E-state index is -0.645. The number of carbonyl (C=O) groups is 4.